The highest BCUT2D eigenvalue weighted by atomic mass is 35.5. The highest BCUT2D eigenvalue weighted by molar-refractivity contribution is 6.37. The van der Waals surface area contributed by atoms with Crippen LogP contribution in [0.2, 0.25) is 10.0 Å². The molecule has 0 fully saturated rings. The molecule has 1 aliphatic rings. The largest absolute Gasteiger partial charge is 0.480 e. The molecule has 3 rings (SSSR count). The zero-order chi connectivity index (χ0) is 25.5. The van der Waals surface area contributed by atoms with Crippen molar-refractivity contribution in [1.29, 1.82) is 0 Å². The van der Waals surface area contributed by atoms with Gasteiger partial charge in [0.1, 0.15) is 5.75 Å². The summed E-state index contributed by atoms with van der Waals surface area (Å²) in [5, 5.41) is 0.367. The number of ether oxygens (including phenoxy) is 3. The average Bonchev–Trinajstić information content (AvgIpc) is 2.87. The third-order valence-electron chi connectivity index (χ3n) is 5.74. The summed E-state index contributed by atoms with van der Waals surface area (Å²) < 4.78 is 15.1. The number of aryl methyl sites for hydroxylation is 1. The van der Waals surface area contributed by atoms with Gasteiger partial charge in [0.25, 0.3) is 5.91 Å². The molecule has 186 valence electrons. The van der Waals surface area contributed by atoms with E-state index in [1.54, 1.807) is 12.4 Å². The van der Waals surface area contributed by atoms with Crippen molar-refractivity contribution in [3.8, 4) is 5.75 Å². The lowest BCUT2D eigenvalue weighted by atomic mass is 9.90. The van der Waals surface area contributed by atoms with Gasteiger partial charge in [0.05, 0.1) is 36.5 Å². The van der Waals surface area contributed by atoms with Gasteiger partial charge in [0, 0.05) is 29.6 Å². The fraction of sp³-hybridized carbons (Fsp3) is 0.360. The Kier molecular flexibility index (Phi) is 9.12. The van der Waals surface area contributed by atoms with Crippen molar-refractivity contribution in [3.63, 3.8) is 0 Å². The van der Waals surface area contributed by atoms with Gasteiger partial charge in [-0.15, -0.1) is 0 Å². The minimum atomic E-state index is -0.591. The quantitative estimate of drug-likeness (QED) is 0.460. The van der Waals surface area contributed by atoms with Crippen LogP contribution < -0.4 is 9.64 Å². The number of halogens is 2. The van der Waals surface area contributed by atoms with Gasteiger partial charge in [0.15, 0.2) is 6.61 Å². The number of carbonyl (C=O) groups excluding carboxylic acids is 3. The summed E-state index contributed by atoms with van der Waals surface area (Å²) in [4.78, 5) is 43.6. The molecule has 1 aliphatic carbocycles. The normalized spacial score (nSPS) is 13.3. The zero-order valence-corrected chi connectivity index (χ0v) is 21.2. The highest BCUT2D eigenvalue weighted by Crippen LogP contribution is 2.39. The number of hydrogen-bond donors (Lipinski definition) is 0. The first-order valence-corrected chi connectivity index (χ1v) is 11.7. The molecular weight excluding hydrogens is 495 g/mol. The van der Waals surface area contributed by atoms with E-state index in [1.165, 1.54) is 31.3 Å². The van der Waals surface area contributed by atoms with E-state index in [-0.39, 0.29) is 34.9 Å². The van der Waals surface area contributed by atoms with Crippen LogP contribution in [-0.4, -0.2) is 43.7 Å². The Labute approximate surface area is 213 Å². The Hall–Kier alpha value is -3.10. The van der Waals surface area contributed by atoms with Gasteiger partial charge in [-0.3, -0.25) is 9.78 Å². The standard InChI is InChI=1S/C25H26Cl2N2O6/c1-15-8-9-28-12-16(15)13-29(24(31)17-6-4-5-7-18(17)25(32)34-3)21-11-22(20(27)10-19(21)26)35-14-23(30)33-2/h8-12H,4-7,13-14H2,1-3H3. The van der Waals surface area contributed by atoms with Gasteiger partial charge in [-0.2, -0.15) is 0 Å². The van der Waals surface area contributed by atoms with Crippen molar-refractivity contribution < 1.29 is 28.6 Å². The Balaban J connectivity index is 2.11. The third kappa shape index (κ3) is 6.32. The molecule has 10 heteroatoms. The van der Waals surface area contributed by atoms with Crippen LogP contribution in [0.15, 0.2) is 41.7 Å². The molecule has 0 atom stereocenters. The monoisotopic (exact) mass is 520 g/mol. The Bertz CT molecular complexity index is 1160. The lowest BCUT2D eigenvalue weighted by molar-refractivity contribution is -0.143. The second-order valence-corrected chi connectivity index (χ2v) is 8.76. The molecule has 0 saturated carbocycles. The molecule has 0 N–H and O–H groups in total. The first kappa shape index (κ1) is 26.5. The second kappa shape index (κ2) is 12.0. The maximum Gasteiger partial charge on any atom is 0.343 e. The van der Waals surface area contributed by atoms with Gasteiger partial charge in [-0.05, 0) is 55.9 Å². The Morgan fingerprint density at radius 2 is 1.74 bits per heavy atom. The summed E-state index contributed by atoms with van der Waals surface area (Å²) in [6.45, 7) is 1.67. The number of esters is 2. The van der Waals surface area contributed by atoms with Crippen LogP contribution in [-0.2, 0) is 30.4 Å². The molecule has 0 spiro atoms. The number of carbonyl (C=O) groups is 3. The molecule has 2 aromatic rings. The molecule has 0 unspecified atom stereocenters. The number of amides is 1. The molecule has 1 amide bonds. The van der Waals surface area contributed by atoms with E-state index in [4.69, 9.17) is 32.7 Å². The number of pyridine rings is 1. The minimum Gasteiger partial charge on any atom is -0.480 e. The average molecular weight is 521 g/mol. The molecule has 1 aromatic carbocycles. The van der Waals surface area contributed by atoms with Gasteiger partial charge in [0.2, 0.25) is 0 Å². The smallest absolute Gasteiger partial charge is 0.343 e. The fourth-order valence-electron chi connectivity index (χ4n) is 3.78. The van der Waals surface area contributed by atoms with E-state index in [9.17, 15) is 14.4 Å². The second-order valence-electron chi connectivity index (χ2n) is 7.95. The summed E-state index contributed by atoms with van der Waals surface area (Å²) in [5.74, 6) is -1.33. The molecular formula is C25H26Cl2N2O6. The molecule has 8 nitrogen and oxygen atoms in total. The van der Waals surface area contributed by atoms with Crippen molar-refractivity contribution in [2.24, 2.45) is 0 Å². The number of aromatic nitrogens is 1. The van der Waals surface area contributed by atoms with E-state index in [0.717, 1.165) is 24.0 Å². The van der Waals surface area contributed by atoms with Crippen LogP contribution in [0, 0.1) is 6.92 Å². The molecule has 0 aliphatic heterocycles. The number of benzene rings is 1. The fourth-order valence-corrected chi connectivity index (χ4v) is 4.32. The molecule has 0 saturated heterocycles. The summed E-state index contributed by atoms with van der Waals surface area (Å²) in [5.41, 5.74) is 2.78. The first-order valence-electron chi connectivity index (χ1n) is 11.0. The molecule has 1 aromatic heterocycles. The van der Waals surface area contributed by atoms with Crippen molar-refractivity contribution in [3.05, 3.63) is 62.9 Å². The highest BCUT2D eigenvalue weighted by Gasteiger charge is 2.30. The summed E-state index contributed by atoms with van der Waals surface area (Å²) >= 11 is 12.8. The van der Waals surface area contributed by atoms with Crippen LogP contribution in [0.25, 0.3) is 0 Å². The van der Waals surface area contributed by atoms with Gasteiger partial charge >= 0.3 is 11.9 Å². The maximum absolute atomic E-state index is 13.9. The van der Waals surface area contributed by atoms with E-state index in [2.05, 4.69) is 9.72 Å². The molecule has 0 radical (unpaired) electrons. The van der Waals surface area contributed by atoms with Crippen molar-refractivity contribution in [2.75, 3.05) is 25.7 Å². The Morgan fingerprint density at radius 1 is 1.03 bits per heavy atom. The van der Waals surface area contributed by atoms with Crippen LogP contribution >= 0.6 is 23.2 Å². The number of anilines is 1. The molecule has 0 bridgehead atoms. The van der Waals surface area contributed by atoms with Crippen molar-refractivity contribution in [1.82, 2.24) is 4.98 Å². The lowest BCUT2D eigenvalue weighted by Gasteiger charge is -2.28. The van der Waals surface area contributed by atoms with Crippen LogP contribution in [0.5, 0.6) is 5.75 Å². The number of rotatable bonds is 8. The van der Waals surface area contributed by atoms with Crippen molar-refractivity contribution in [2.45, 2.75) is 39.2 Å². The van der Waals surface area contributed by atoms with Crippen LogP contribution in [0.4, 0.5) is 5.69 Å². The molecule has 1 heterocycles. The van der Waals surface area contributed by atoms with Crippen LogP contribution in [0.3, 0.4) is 0 Å². The minimum absolute atomic E-state index is 0.133. The lowest BCUT2D eigenvalue weighted by Crippen LogP contribution is -2.34. The third-order valence-corrected chi connectivity index (χ3v) is 6.34. The van der Waals surface area contributed by atoms with E-state index >= 15 is 0 Å². The van der Waals surface area contributed by atoms with Gasteiger partial charge < -0.3 is 19.1 Å². The van der Waals surface area contributed by atoms with E-state index < -0.39 is 11.9 Å². The SMILES string of the molecule is COC(=O)COc1cc(N(Cc2cnccc2C)C(=O)C2=C(C(=O)OC)CCCC2)c(Cl)cc1Cl. The number of methoxy groups -OCH3 is 2. The van der Waals surface area contributed by atoms with E-state index in [0.29, 0.717) is 29.7 Å². The van der Waals surface area contributed by atoms with Gasteiger partial charge in [-0.25, -0.2) is 9.59 Å². The van der Waals surface area contributed by atoms with Crippen molar-refractivity contribution >= 4 is 46.7 Å². The number of nitrogens with zero attached hydrogens (tertiary/aromatic N) is 2. The predicted molar refractivity (Wildman–Crippen MR) is 132 cm³/mol. The number of hydrogen-bond acceptors (Lipinski definition) is 7. The summed E-state index contributed by atoms with van der Waals surface area (Å²) in [6, 6.07) is 4.78. The molecule has 35 heavy (non-hydrogen) atoms. The zero-order valence-electron chi connectivity index (χ0n) is 19.7. The van der Waals surface area contributed by atoms with E-state index in [1.807, 2.05) is 13.0 Å². The van der Waals surface area contributed by atoms with Crippen LogP contribution in [0.1, 0.15) is 36.8 Å². The predicted octanol–water partition coefficient (Wildman–Crippen LogP) is 4.83. The van der Waals surface area contributed by atoms with Gasteiger partial charge in [-0.1, -0.05) is 23.2 Å². The Morgan fingerprint density at radius 3 is 2.40 bits per heavy atom. The summed E-state index contributed by atoms with van der Waals surface area (Å²) in [7, 11) is 2.54. The topological polar surface area (TPSA) is 95.0 Å². The first-order chi connectivity index (χ1) is 16.8. The maximum atomic E-state index is 13.9. The summed E-state index contributed by atoms with van der Waals surface area (Å²) in [6.07, 6.45) is 5.78.